The maximum Gasteiger partial charge on any atom is 0.268 e. The van der Waals surface area contributed by atoms with Crippen molar-refractivity contribution in [2.45, 2.75) is 104 Å². The largest absolute Gasteiger partial charge is 0.756 e. The fourth-order valence-corrected chi connectivity index (χ4v) is 3.43. The Morgan fingerprint density at radius 3 is 1.52 bits per heavy atom. The Morgan fingerprint density at radius 2 is 1.19 bits per heavy atom. The minimum atomic E-state index is -4.17. The van der Waals surface area contributed by atoms with Gasteiger partial charge in [0.1, 0.15) is 0 Å². The highest BCUT2D eigenvalue weighted by Crippen LogP contribution is 2.42. The molecule has 2 unspecified atom stereocenters. The van der Waals surface area contributed by atoms with Gasteiger partial charge in [-0.1, -0.05) is 65.2 Å². The van der Waals surface area contributed by atoms with E-state index in [1.54, 1.807) is 13.8 Å². The van der Waals surface area contributed by atoms with Gasteiger partial charge < -0.3 is 13.9 Å². The zero-order valence-electron chi connectivity index (χ0n) is 14.3. The van der Waals surface area contributed by atoms with Crippen molar-refractivity contribution >= 4 is 7.82 Å². The van der Waals surface area contributed by atoms with E-state index in [4.69, 9.17) is 9.05 Å². The maximum atomic E-state index is 11.8. The Balaban J connectivity index is 3.86. The molecule has 0 spiro atoms. The summed E-state index contributed by atoms with van der Waals surface area (Å²) in [6.45, 7) is 7.90. The van der Waals surface area contributed by atoms with Crippen molar-refractivity contribution in [1.29, 1.82) is 0 Å². The predicted molar refractivity (Wildman–Crippen MR) is 86.2 cm³/mol. The van der Waals surface area contributed by atoms with E-state index in [1.165, 1.54) is 25.7 Å². The molecule has 0 aromatic heterocycles. The minimum Gasteiger partial charge on any atom is -0.756 e. The summed E-state index contributed by atoms with van der Waals surface area (Å²) in [5.74, 6) is 0. The van der Waals surface area contributed by atoms with Gasteiger partial charge >= 0.3 is 0 Å². The van der Waals surface area contributed by atoms with E-state index in [0.29, 0.717) is 0 Å². The first kappa shape index (κ1) is 21.1. The van der Waals surface area contributed by atoms with Gasteiger partial charge in [0.05, 0.1) is 12.2 Å². The van der Waals surface area contributed by atoms with Crippen LogP contribution in [0.1, 0.15) is 91.9 Å². The fourth-order valence-electron chi connectivity index (χ4n) is 2.29. The van der Waals surface area contributed by atoms with Crippen molar-refractivity contribution in [3.05, 3.63) is 0 Å². The third kappa shape index (κ3) is 13.5. The number of phosphoric ester groups is 1. The first-order valence-corrected chi connectivity index (χ1v) is 10.0. The summed E-state index contributed by atoms with van der Waals surface area (Å²) in [6.07, 6.45) is 9.92. The Bertz CT molecular complexity index is 259. The van der Waals surface area contributed by atoms with Crippen LogP contribution in [-0.4, -0.2) is 12.2 Å². The van der Waals surface area contributed by atoms with Gasteiger partial charge in [-0.3, -0.25) is 4.57 Å². The van der Waals surface area contributed by atoms with Gasteiger partial charge in [0.25, 0.3) is 7.82 Å². The van der Waals surface area contributed by atoms with Crippen LogP contribution in [0, 0.1) is 0 Å². The van der Waals surface area contributed by atoms with Crippen molar-refractivity contribution in [2.75, 3.05) is 0 Å². The lowest BCUT2D eigenvalue weighted by Crippen LogP contribution is -2.19. The normalized spacial score (nSPS) is 17.4. The summed E-state index contributed by atoms with van der Waals surface area (Å²) in [5.41, 5.74) is 0. The summed E-state index contributed by atoms with van der Waals surface area (Å²) < 4.78 is 22.0. The van der Waals surface area contributed by atoms with Gasteiger partial charge in [-0.05, 0) is 26.7 Å². The van der Waals surface area contributed by atoms with Crippen LogP contribution in [0.15, 0.2) is 0 Å². The van der Waals surface area contributed by atoms with Gasteiger partial charge in [-0.2, -0.15) is 0 Å². The van der Waals surface area contributed by atoms with Crippen molar-refractivity contribution in [1.82, 2.24) is 0 Å². The molecule has 0 heterocycles. The van der Waals surface area contributed by atoms with Gasteiger partial charge in [-0.15, -0.1) is 0 Å². The lowest BCUT2D eigenvalue weighted by Gasteiger charge is -2.29. The molecule has 0 bridgehead atoms. The molecular weight excluding hydrogens is 287 g/mol. The van der Waals surface area contributed by atoms with Crippen molar-refractivity contribution in [3.8, 4) is 0 Å². The molecule has 5 heteroatoms. The molecule has 128 valence electrons. The Labute approximate surface area is 131 Å². The van der Waals surface area contributed by atoms with E-state index >= 15 is 0 Å². The third-order valence-electron chi connectivity index (χ3n) is 3.55. The monoisotopic (exact) mass is 321 g/mol. The molecule has 2 atom stereocenters. The minimum absolute atomic E-state index is 0.294. The number of hydrogen-bond donors (Lipinski definition) is 0. The number of unbranched alkanes of at least 4 members (excludes halogenated alkanes) is 6. The molecule has 0 fully saturated rings. The molecule has 0 aromatic rings. The third-order valence-corrected chi connectivity index (χ3v) is 4.78. The highest BCUT2D eigenvalue weighted by atomic mass is 31.2. The van der Waals surface area contributed by atoms with Crippen LogP contribution in [0.2, 0.25) is 0 Å². The summed E-state index contributed by atoms with van der Waals surface area (Å²) >= 11 is 0. The summed E-state index contributed by atoms with van der Waals surface area (Å²) in [7, 11) is -4.17. The molecule has 0 saturated heterocycles. The molecule has 0 aliphatic carbocycles. The number of rotatable bonds is 14. The molecule has 0 N–H and O–H groups in total. The summed E-state index contributed by atoms with van der Waals surface area (Å²) in [6, 6.07) is 0. The highest BCUT2D eigenvalue weighted by molar-refractivity contribution is 7.45. The number of phosphoric acid groups is 1. The van der Waals surface area contributed by atoms with Crippen LogP contribution in [0.3, 0.4) is 0 Å². The lowest BCUT2D eigenvalue weighted by molar-refractivity contribution is -0.233. The highest BCUT2D eigenvalue weighted by Gasteiger charge is 2.17. The van der Waals surface area contributed by atoms with Gasteiger partial charge in [-0.25, -0.2) is 0 Å². The average molecular weight is 321 g/mol. The molecule has 0 rings (SSSR count). The molecule has 4 nitrogen and oxygen atoms in total. The summed E-state index contributed by atoms with van der Waals surface area (Å²) in [5, 5.41) is 0. The second-order valence-electron chi connectivity index (χ2n) is 5.98. The topological polar surface area (TPSA) is 58.6 Å². The van der Waals surface area contributed by atoms with E-state index in [0.717, 1.165) is 38.5 Å². The predicted octanol–water partition coefficient (Wildman–Crippen LogP) is 5.21. The first-order valence-electron chi connectivity index (χ1n) is 8.59. The quantitative estimate of drug-likeness (QED) is 0.326. The Kier molecular flexibility index (Phi) is 12.7. The van der Waals surface area contributed by atoms with E-state index in [2.05, 4.69) is 13.8 Å². The van der Waals surface area contributed by atoms with Crippen LogP contribution < -0.4 is 4.89 Å². The zero-order valence-corrected chi connectivity index (χ0v) is 15.2. The standard InChI is InChI=1S/C16H35O4P/c1-5-7-9-11-13-15(3)19-21(17,18)20-16(4)14-12-10-8-6-2/h15-16H,5-14H2,1-4H3,(H,17,18)/p-1. The second-order valence-corrected chi connectivity index (χ2v) is 7.29. The molecule has 0 saturated carbocycles. The molecule has 0 aliphatic heterocycles. The number of hydrogen-bond acceptors (Lipinski definition) is 4. The van der Waals surface area contributed by atoms with Crippen LogP contribution in [0.25, 0.3) is 0 Å². The van der Waals surface area contributed by atoms with Crippen molar-refractivity contribution in [3.63, 3.8) is 0 Å². The van der Waals surface area contributed by atoms with E-state index in [9.17, 15) is 9.46 Å². The SMILES string of the molecule is CCCCCCC(C)OP(=O)([O-])OC(C)CCCCCC. The fraction of sp³-hybridized carbons (Fsp3) is 1.00. The zero-order chi connectivity index (χ0) is 16.1. The van der Waals surface area contributed by atoms with E-state index in [1.807, 2.05) is 0 Å². The van der Waals surface area contributed by atoms with Crippen LogP contribution in [-0.2, 0) is 13.6 Å². The summed E-state index contributed by atoms with van der Waals surface area (Å²) in [4.78, 5) is 11.8. The molecule has 0 radical (unpaired) electrons. The average Bonchev–Trinajstić information content (AvgIpc) is 2.38. The molecular formula is C16H34O4P-. The Morgan fingerprint density at radius 1 is 0.810 bits per heavy atom. The second kappa shape index (κ2) is 12.6. The lowest BCUT2D eigenvalue weighted by atomic mass is 10.1. The van der Waals surface area contributed by atoms with Gasteiger partial charge in [0.2, 0.25) is 0 Å². The van der Waals surface area contributed by atoms with E-state index < -0.39 is 7.82 Å². The van der Waals surface area contributed by atoms with Gasteiger partial charge in [0, 0.05) is 0 Å². The van der Waals surface area contributed by atoms with Gasteiger partial charge in [0.15, 0.2) is 0 Å². The molecule has 21 heavy (non-hydrogen) atoms. The smallest absolute Gasteiger partial charge is 0.268 e. The molecule has 0 aromatic carbocycles. The maximum absolute atomic E-state index is 11.8. The van der Waals surface area contributed by atoms with Crippen LogP contribution in [0.5, 0.6) is 0 Å². The van der Waals surface area contributed by atoms with Crippen molar-refractivity contribution in [2.24, 2.45) is 0 Å². The molecule has 0 amide bonds. The van der Waals surface area contributed by atoms with Crippen molar-refractivity contribution < 1.29 is 18.5 Å². The van der Waals surface area contributed by atoms with E-state index in [-0.39, 0.29) is 12.2 Å². The van der Waals surface area contributed by atoms with Crippen LogP contribution >= 0.6 is 7.82 Å². The Hall–Kier alpha value is 0.110. The van der Waals surface area contributed by atoms with Crippen LogP contribution in [0.4, 0.5) is 0 Å². The first-order chi connectivity index (χ1) is 9.91. The molecule has 0 aliphatic rings.